The van der Waals surface area contributed by atoms with Gasteiger partial charge in [-0.25, -0.2) is 9.18 Å². The zero-order valence-corrected chi connectivity index (χ0v) is 31.1. The van der Waals surface area contributed by atoms with E-state index in [4.69, 9.17) is 4.43 Å². The van der Waals surface area contributed by atoms with Crippen LogP contribution in [0.5, 0.6) is 0 Å². The Balaban J connectivity index is 2.17. The van der Waals surface area contributed by atoms with Crippen molar-refractivity contribution in [3.63, 3.8) is 0 Å². The second kappa shape index (κ2) is 13.4. The molecule has 0 aromatic heterocycles. The van der Waals surface area contributed by atoms with Crippen molar-refractivity contribution in [3.05, 3.63) is 65.0 Å². The lowest BCUT2D eigenvalue weighted by atomic mass is 9.77. The van der Waals surface area contributed by atoms with Gasteiger partial charge in [0.15, 0.2) is 8.32 Å². The summed E-state index contributed by atoms with van der Waals surface area (Å²) in [4.78, 5) is 12.3. The maximum absolute atomic E-state index is 14.3. The third-order valence-corrected chi connectivity index (χ3v) is 13.8. The van der Waals surface area contributed by atoms with Crippen molar-refractivity contribution < 1.29 is 18.7 Å². The minimum Gasteiger partial charge on any atom is -0.465 e. The second-order valence-electron chi connectivity index (χ2n) is 17.7. The summed E-state index contributed by atoms with van der Waals surface area (Å²) in [6.45, 7) is 28.8. The van der Waals surface area contributed by atoms with E-state index in [-0.39, 0.29) is 39.3 Å². The number of anilines is 1. The molecule has 3 rings (SSSR count). The van der Waals surface area contributed by atoms with E-state index < -0.39 is 26.6 Å². The Morgan fingerprint density at radius 3 is 2.22 bits per heavy atom. The van der Waals surface area contributed by atoms with Gasteiger partial charge in [-0.05, 0) is 97.0 Å². The minimum absolute atomic E-state index is 0.00515. The van der Waals surface area contributed by atoms with Gasteiger partial charge in [0.1, 0.15) is 5.82 Å². The normalized spacial score (nSPS) is 19.2. The van der Waals surface area contributed by atoms with Crippen molar-refractivity contribution in [2.45, 2.75) is 143 Å². The maximum Gasteiger partial charge on any atom is 0.404 e. The van der Waals surface area contributed by atoms with Crippen LogP contribution in [-0.2, 0) is 17.3 Å². The molecule has 6 nitrogen and oxygen atoms in total. The van der Waals surface area contributed by atoms with Gasteiger partial charge < -0.3 is 25.5 Å². The van der Waals surface area contributed by atoms with E-state index in [0.29, 0.717) is 6.42 Å². The Morgan fingerprint density at radius 1 is 1.04 bits per heavy atom. The largest absolute Gasteiger partial charge is 0.465 e. The molecule has 1 aliphatic heterocycles. The Kier molecular flexibility index (Phi) is 11.0. The molecule has 0 fully saturated rings. The van der Waals surface area contributed by atoms with Crippen molar-refractivity contribution in [2.75, 3.05) is 5.32 Å². The number of fused-ring (bicyclic) bond motifs is 1. The first-order chi connectivity index (χ1) is 20.4. The molecular formula is C37H60FN3O3Si. The highest BCUT2D eigenvalue weighted by Gasteiger charge is 2.47. The van der Waals surface area contributed by atoms with E-state index in [0.717, 1.165) is 24.1 Å². The number of amides is 1. The molecular weight excluding hydrogens is 582 g/mol. The van der Waals surface area contributed by atoms with Gasteiger partial charge in [-0.15, -0.1) is 0 Å². The van der Waals surface area contributed by atoms with Gasteiger partial charge in [0, 0.05) is 23.3 Å². The fraction of sp³-hybridized carbons (Fsp3) is 0.649. The fourth-order valence-corrected chi connectivity index (χ4v) is 7.54. The van der Waals surface area contributed by atoms with Crippen LogP contribution in [0.25, 0.3) is 0 Å². The van der Waals surface area contributed by atoms with E-state index in [1.807, 2.05) is 6.07 Å². The van der Waals surface area contributed by atoms with E-state index >= 15 is 0 Å². The highest BCUT2D eigenvalue weighted by atomic mass is 28.4. The lowest BCUT2D eigenvalue weighted by molar-refractivity contribution is 0.0407. The Hall–Kier alpha value is -2.42. The van der Waals surface area contributed by atoms with Crippen molar-refractivity contribution in [1.29, 1.82) is 0 Å². The molecule has 1 aliphatic rings. The number of rotatable bonds is 10. The summed E-state index contributed by atoms with van der Waals surface area (Å²) < 4.78 is 21.6. The van der Waals surface area contributed by atoms with Crippen LogP contribution in [0.1, 0.15) is 105 Å². The quantitative estimate of drug-likeness (QED) is 0.194. The molecule has 0 saturated heterocycles. The minimum atomic E-state index is -2.41. The predicted octanol–water partition coefficient (Wildman–Crippen LogP) is 9.32. The fourth-order valence-electron chi connectivity index (χ4n) is 6.20. The average Bonchev–Trinajstić information content (AvgIpc) is 2.83. The molecule has 1 amide bonds. The summed E-state index contributed by atoms with van der Waals surface area (Å²) in [5, 5.41) is 20.6. The number of carbonyl (C=O) groups is 1. The molecule has 0 radical (unpaired) electrons. The van der Waals surface area contributed by atoms with E-state index in [1.165, 1.54) is 23.3 Å². The number of halogens is 1. The van der Waals surface area contributed by atoms with Gasteiger partial charge in [-0.1, -0.05) is 86.6 Å². The summed E-state index contributed by atoms with van der Waals surface area (Å²) in [6.07, 6.45) is 0.479. The molecule has 252 valence electrons. The molecule has 0 saturated carbocycles. The molecule has 0 aliphatic carbocycles. The average molecular weight is 642 g/mol. The standard InChI is InChI=1S/C37H60FN3O3Si/c1-34(2,3)22-25-17-18-28-27(20-25)30(23-37(10,11)41-28)39-32(35(4,5)6)31(44-45(12,13)36(7,8)9)29(40-33(42)43)21-24-15-14-16-26(38)19-24/h14-20,29-32,39-41H,21-23H2,1-13H3,(H,42,43)/t29-,30-,31+,32?/m0/s1. The predicted molar refractivity (Wildman–Crippen MR) is 188 cm³/mol. The Bertz CT molecular complexity index is 1320. The smallest absolute Gasteiger partial charge is 0.404 e. The van der Waals surface area contributed by atoms with Crippen molar-refractivity contribution in [1.82, 2.24) is 10.6 Å². The van der Waals surface area contributed by atoms with Gasteiger partial charge >= 0.3 is 6.09 Å². The summed E-state index contributed by atoms with van der Waals surface area (Å²) in [5.41, 5.74) is 4.06. The third-order valence-electron chi connectivity index (χ3n) is 9.34. The first-order valence-electron chi connectivity index (χ1n) is 16.5. The van der Waals surface area contributed by atoms with Crippen LogP contribution in [0, 0.1) is 16.6 Å². The van der Waals surface area contributed by atoms with E-state index in [9.17, 15) is 14.3 Å². The number of nitrogens with one attached hydrogen (secondary N) is 3. The second-order valence-corrected chi connectivity index (χ2v) is 22.4. The molecule has 1 heterocycles. The first kappa shape index (κ1) is 37.0. The molecule has 0 spiro atoms. The lowest BCUT2D eigenvalue weighted by Crippen LogP contribution is -2.63. The summed E-state index contributed by atoms with van der Waals surface area (Å²) in [5.74, 6) is -0.339. The van der Waals surface area contributed by atoms with Crippen LogP contribution in [0.2, 0.25) is 18.1 Å². The number of carboxylic acid groups (broad SMARTS) is 1. The topological polar surface area (TPSA) is 82.6 Å². The van der Waals surface area contributed by atoms with Crippen LogP contribution in [0.15, 0.2) is 42.5 Å². The molecule has 8 heteroatoms. The van der Waals surface area contributed by atoms with Crippen LogP contribution < -0.4 is 16.0 Å². The third kappa shape index (κ3) is 10.3. The summed E-state index contributed by atoms with van der Waals surface area (Å²) >= 11 is 0. The molecule has 4 N–H and O–H groups in total. The van der Waals surface area contributed by atoms with Crippen molar-refractivity contribution in [2.24, 2.45) is 10.8 Å². The van der Waals surface area contributed by atoms with Crippen LogP contribution >= 0.6 is 0 Å². The zero-order valence-electron chi connectivity index (χ0n) is 30.1. The van der Waals surface area contributed by atoms with Crippen LogP contribution in [0.3, 0.4) is 0 Å². The zero-order chi connectivity index (χ0) is 34.2. The van der Waals surface area contributed by atoms with Crippen LogP contribution in [-0.4, -0.2) is 43.2 Å². The van der Waals surface area contributed by atoms with Crippen molar-refractivity contribution in [3.8, 4) is 0 Å². The first-order valence-corrected chi connectivity index (χ1v) is 19.4. The molecule has 2 aromatic carbocycles. The summed E-state index contributed by atoms with van der Waals surface area (Å²) in [7, 11) is -2.41. The molecule has 1 unspecified atom stereocenters. The van der Waals surface area contributed by atoms with Gasteiger partial charge in [0.2, 0.25) is 0 Å². The van der Waals surface area contributed by atoms with Crippen molar-refractivity contribution >= 4 is 20.1 Å². The maximum atomic E-state index is 14.3. The number of hydrogen-bond donors (Lipinski definition) is 4. The van der Waals surface area contributed by atoms with Gasteiger partial charge in [-0.2, -0.15) is 0 Å². The summed E-state index contributed by atoms with van der Waals surface area (Å²) in [6, 6.07) is 12.4. The number of benzene rings is 2. The monoisotopic (exact) mass is 641 g/mol. The molecule has 4 atom stereocenters. The molecule has 0 bridgehead atoms. The Morgan fingerprint density at radius 2 is 1.69 bits per heavy atom. The van der Waals surface area contributed by atoms with Gasteiger partial charge in [0.25, 0.3) is 0 Å². The highest BCUT2D eigenvalue weighted by Crippen LogP contribution is 2.43. The number of hydrogen-bond acceptors (Lipinski definition) is 4. The highest BCUT2D eigenvalue weighted by molar-refractivity contribution is 6.74. The lowest BCUT2D eigenvalue weighted by Gasteiger charge is -2.49. The van der Waals surface area contributed by atoms with E-state index in [2.05, 4.69) is 123 Å². The SMILES string of the molecule is CC(C)(C)Cc1ccc2c(c1)[C@@H](NC([C@H](O[Si](C)(C)C(C)(C)C)[C@H](Cc1cccc(F)c1)NC(=O)O)C(C)(C)C)CC(C)(C)N2. The van der Waals surface area contributed by atoms with Gasteiger partial charge in [0.05, 0.1) is 12.1 Å². The van der Waals surface area contributed by atoms with Gasteiger partial charge in [-0.3, -0.25) is 0 Å². The molecule has 2 aromatic rings. The Labute approximate surface area is 273 Å². The molecule has 45 heavy (non-hydrogen) atoms. The van der Waals surface area contributed by atoms with E-state index in [1.54, 1.807) is 6.07 Å². The van der Waals surface area contributed by atoms with Crippen LogP contribution in [0.4, 0.5) is 14.9 Å².